The SMILES string of the molecule is Cc1ccc2ccccc2c1-c1ccc2c([Si](C)(C)C)cccc2[n+]1C. The molecule has 0 radical (unpaired) electrons. The highest BCUT2D eigenvalue weighted by Gasteiger charge is 2.24. The molecule has 130 valence electrons. The van der Waals surface area contributed by atoms with Gasteiger partial charge in [0.25, 0.3) is 0 Å². The van der Waals surface area contributed by atoms with Crippen molar-refractivity contribution in [1.82, 2.24) is 0 Å². The van der Waals surface area contributed by atoms with Crippen molar-refractivity contribution in [2.45, 2.75) is 26.6 Å². The molecule has 4 rings (SSSR count). The van der Waals surface area contributed by atoms with E-state index in [1.165, 1.54) is 43.7 Å². The Hall–Kier alpha value is -2.45. The molecule has 0 fully saturated rings. The minimum atomic E-state index is -1.39. The molecule has 0 unspecified atom stereocenters. The number of fused-ring (bicyclic) bond motifs is 2. The maximum Gasteiger partial charge on any atom is 0.213 e. The summed E-state index contributed by atoms with van der Waals surface area (Å²) in [5.41, 5.74) is 5.25. The van der Waals surface area contributed by atoms with E-state index in [2.05, 4.69) is 105 Å². The molecule has 0 saturated heterocycles. The molecule has 1 aromatic heterocycles. The van der Waals surface area contributed by atoms with E-state index in [0.29, 0.717) is 0 Å². The summed E-state index contributed by atoms with van der Waals surface area (Å²) in [5, 5.41) is 5.55. The second kappa shape index (κ2) is 6.06. The maximum absolute atomic E-state index is 2.42. The summed E-state index contributed by atoms with van der Waals surface area (Å²) in [6.07, 6.45) is 0. The van der Waals surface area contributed by atoms with Crippen molar-refractivity contribution < 1.29 is 4.57 Å². The first-order valence-electron chi connectivity index (χ1n) is 9.29. The molecule has 1 nitrogen and oxygen atoms in total. The van der Waals surface area contributed by atoms with Crippen molar-refractivity contribution in [3.63, 3.8) is 0 Å². The molecular weight excluding hydrogens is 330 g/mol. The van der Waals surface area contributed by atoms with Gasteiger partial charge >= 0.3 is 0 Å². The smallest absolute Gasteiger partial charge is 0.194 e. The van der Waals surface area contributed by atoms with Gasteiger partial charge < -0.3 is 0 Å². The Kier molecular flexibility index (Phi) is 3.96. The highest BCUT2D eigenvalue weighted by Crippen LogP contribution is 2.31. The quantitative estimate of drug-likeness (QED) is 0.337. The van der Waals surface area contributed by atoms with Crippen LogP contribution in [0.2, 0.25) is 19.6 Å². The number of nitrogens with zero attached hydrogens (tertiary/aromatic N) is 1. The molecule has 0 atom stereocenters. The van der Waals surface area contributed by atoms with Crippen LogP contribution in [0.1, 0.15) is 5.56 Å². The lowest BCUT2D eigenvalue weighted by Gasteiger charge is -2.19. The third-order valence-electron chi connectivity index (χ3n) is 5.42. The summed E-state index contributed by atoms with van der Waals surface area (Å²) in [6.45, 7) is 9.48. The summed E-state index contributed by atoms with van der Waals surface area (Å²) in [6, 6.07) is 24.6. The monoisotopic (exact) mass is 356 g/mol. The zero-order chi connectivity index (χ0) is 18.5. The number of aryl methyl sites for hydroxylation is 2. The van der Waals surface area contributed by atoms with Gasteiger partial charge in [-0.25, -0.2) is 0 Å². The van der Waals surface area contributed by atoms with Gasteiger partial charge in [-0.05, 0) is 34.5 Å². The first-order valence-corrected chi connectivity index (χ1v) is 12.8. The standard InChI is InChI=1S/C24H26NSi/c1-17-13-14-18-9-6-7-10-19(18)24(17)22-16-15-20-21(25(22)2)11-8-12-23(20)26(3,4)5/h6-16H,1-5H3/q+1. The molecule has 0 bridgehead atoms. The van der Waals surface area contributed by atoms with Crippen LogP contribution in [0.3, 0.4) is 0 Å². The first kappa shape index (κ1) is 17.0. The predicted octanol–water partition coefficient (Wildman–Crippen LogP) is 5.34. The van der Waals surface area contributed by atoms with Gasteiger partial charge in [-0.2, -0.15) is 4.57 Å². The lowest BCUT2D eigenvalue weighted by atomic mass is 9.96. The number of pyridine rings is 1. The Labute approximate surface area is 156 Å². The van der Waals surface area contributed by atoms with E-state index in [1.807, 2.05) is 0 Å². The van der Waals surface area contributed by atoms with Gasteiger partial charge in [0, 0.05) is 17.5 Å². The lowest BCUT2D eigenvalue weighted by Crippen LogP contribution is -2.40. The summed E-state index contributed by atoms with van der Waals surface area (Å²) in [5.74, 6) is 0. The maximum atomic E-state index is 2.42. The van der Waals surface area contributed by atoms with Crippen molar-refractivity contribution in [3.05, 3.63) is 72.3 Å². The van der Waals surface area contributed by atoms with Gasteiger partial charge in [0.2, 0.25) is 11.2 Å². The largest absolute Gasteiger partial charge is 0.213 e. The van der Waals surface area contributed by atoms with Crippen LogP contribution in [0.4, 0.5) is 0 Å². The molecule has 4 aromatic rings. The van der Waals surface area contributed by atoms with Crippen LogP contribution >= 0.6 is 0 Å². The van der Waals surface area contributed by atoms with Gasteiger partial charge in [0.1, 0.15) is 7.05 Å². The number of rotatable bonds is 2. The van der Waals surface area contributed by atoms with Crippen LogP contribution in [-0.4, -0.2) is 8.07 Å². The fourth-order valence-corrected chi connectivity index (χ4v) is 5.67. The van der Waals surface area contributed by atoms with Crippen LogP contribution in [-0.2, 0) is 7.05 Å². The van der Waals surface area contributed by atoms with Crippen LogP contribution in [0.25, 0.3) is 32.9 Å². The van der Waals surface area contributed by atoms with Crippen LogP contribution in [0.5, 0.6) is 0 Å². The van der Waals surface area contributed by atoms with Crippen molar-refractivity contribution in [2.75, 3.05) is 0 Å². The second-order valence-corrected chi connectivity index (χ2v) is 13.3. The predicted molar refractivity (Wildman–Crippen MR) is 116 cm³/mol. The molecule has 0 saturated carbocycles. The van der Waals surface area contributed by atoms with Gasteiger partial charge in [-0.3, -0.25) is 0 Å². The molecule has 0 aliphatic heterocycles. The fourth-order valence-electron chi connectivity index (χ4n) is 4.05. The van der Waals surface area contributed by atoms with E-state index in [9.17, 15) is 0 Å². The number of hydrogen-bond donors (Lipinski definition) is 0. The topological polar surface area (TPSA) is 3.88 Å². The highest BCUT2D eigenvalue weighted by molar-refractivity contribution is 6.90. The molecule has 26 heavy (non-hydrogen) atoms. The Morgan fingerprint density at radius 3 is 2.27 bits per heavy atom. The normalized spacial score (nSPS) is 12.0. The summed E-state index contributed by atoms with van der Waals surface area (Å²) >= 11 is 0. The molecule has 0 spiro atoms. The fraction of sp³-hybridized carbons (Fsp3) is 0.208. The third kappa shape index (κ3) is 2.65. The zero-order valence-corrected chi connectivity index (χ0v) is 17.3. The van der Waals surface area contributed by atoms with E-state index >= 15 is 0 Å². The molecular formula is C24H26NSi+. The van der Waals surface area contributed by atoms with Gasteiger partial charge in [0.05, 0.1) is 13.6 Å². The Bertz CT molecular complexity index is 1140. The average molecular weight is 357 g/mol. The van der Waals surface area contributed by atoms with E-state index in [4.69, 9.17) is 0 Å². The van der Waals surface area contributed by atoms with Gasteiger partial charge in [-0.15, -0.1) is 0 Å². The molecule has 0 amide bonds. The average Bonchev–Trinajstić information content (AvgIpc) is 2.62. The highest BCUT2D eigenvalue weighted by atomic mass is 28.3. The Morgan fingerprint density at radius 1 is 0.731 bits per heavy atom. The summed E-state index contributed by atoms with van der Waals surface area (Å²) in [7, 11) is 0.816. The molecule has 2 heteroatoms. The van der Waals surface area contributed by atoms with E-state index in [0.717, 1.165) is 0 Å². The van der Waals surface area contributed by atoms with Crippen LogP contribution < -0.4 is 9.75 Å². The van der Waals surface area contributed by atoms with Crippen molar-refractivity contribution in [3.8, 4) is 11.3 Å². The number of benzene rings is 3. The van der Waals surface area contributed by atoms with Crippen molar-refractivity contribution >= 4 is 34.9 Å². The molecule has 3 aromatic carbocycles. The van der Waals surface area contributed by atoms with Gasteiger partial charge in [0.15, 0.2) is 0 Å². The van der Waals surface area contributed by atoms with Crippen LogP contribution in [0.15, 0.2) is 66.7 Å². The van der Waals surface area contributed by atoms with Crippen LogP contribution in [0, 0.1) is 6.92 Å². The van der Waals surface area contributed by atoms with E-state index < -0.39 is 8.07 Å². The third-order valence-corrected chi connectivity index (χ3v) is 7.47. The second-order valence-electron chi connectivity index (χ2n) is 8.24. The van der Waals surface area contributed by atoms with Gasteiger partial charge in [-0.1, -0.05) is 68.2 Å². The summed E-state index contributed by atoms with van der Waals surface area (Å²) in [4.78, 5) is 0. The molecule has 0 aliphatic carbocycles. The molecule has 1 heterocycles. The summed E-state index contributed by atoms with van der Waals surface area (Å²) < 4.78 is 2.37. The zero-order valence-electron chi connectivity index (χ0n) is 16.3. The first-order chi connectivity index (χ1) is 12.4. The number of hydrogen-bond acceptors (Lipinski definition) is 0. The Balaban J connectivity index is 2.07. The van der Waals surface area contributed by atoms with E-state index in [1.54, 1.807) is 0 Å². The van der Waals surface area contributed by atoms with Crippen molar-refractivity contribution in [1.29, 1.82) is 0 Å². The number of aromatic nitrogens is 1. The van der Waals surface area contributed by atoms with E-state index in [-0.39, 0.29) is 0 Å². The minimum absolute atomic E-state index is 1.28. The lowest BCUT2D eigenvalue weighted by molar-refractivity contribution is -0.633. The van der Waals surface area contributed by atoms with Crippen molar-refractivity contribution in [2.24, 2.45) is 7.05 Å². The Morgan fingerprint density at radius 2 is 1.50 bits per heavy atom. The molecule has 0 aliphatic rings. The minimum Gasteiger partial charge on any atom is -0.194 e. The molecule has 0 N–H and O–H groups in total.